The summed E-state index contributed by atoms with van der Waals surface area (Å²) in [6.45, 7) is 0. The summed E-state index contributed by atoms with van der Waals surface area (Å²) in [5.41, 5.74) is 1.59. The van der Waals surface area contributed by atoms with E-state index < -0.39 is 4.92 Å². The van der Waals surface area contributed by atoms with Crippen molar-refractivity contribution in [1.29, 1.82) is 0 Å². The fraction of sp³-hybridized carbons (Fsp3) is 0.0625. The van der Waals surface area contributed by atoms with E-state index >= 15 is 0 Å². The van der Waals surface area contributed by atoms with E-state index in [1.807, 2.05) is 24.3 Å². The van der Waals surface area contributed by atoms with Gasteiger partial charge >= 0.3 is 0 Å². The molecule has 22 heavy (non-hydrogen) atoms. The molecule has 3 aromatic rings. The van der Waals surface area contributed by atoms with Gasteiger partial charge < -0.3 is 9.15 Å². The van der Waals surface area contributed by atoms with Crippen LogP contribution in [0.25, 0.3) is 22.8 Å². The van der Waals surface area contributed by atoms with Gasteiger partial charge in [0.2, 0.25) is 5.89 Å². The predicted molar refractivity (Wildman–Crippen MR) is 80.6 cm³/mol. The van der Waals surface area contributed by atoms with Crippen molar-refractivity contribution in [1.82, 2.24) is 4.98 Å². The summed E-state index contributed by atoms with van der Waals surface area (Å²) in [7, 11) is 1.61. The Bertz CT molecular complexity index is 792. The summed E-state index contributed by atoms with van der Waals surface area (Å²) in [5, 5.41) is 10.6. The maximum Gasteiger partial charge on any atom is 0.269 e. The van der Waals surface area contributed by atoms with E-state index in [-0.39, 0.29) is 5.69 Å². The lowest BCUT2D eigenvalue weighted by atomic mass is 10.2. The van der Waals surface area contributed by atoms with Gasteiger partial charge in [-0.25, -0.2) is 4.98 Å². The van der Waals surface area contributed by atoms with E-state index in [1.54, 1.807) is 25.4 Å². The lowest BCUT2D eigenvalue weighted by molar-refractivity contribution is -0.384. The number of non-ortho nitro benzene ring substituents is 1. The van der Waals surface area contributed by atoms with Crippen molar-refractivity contribution in [2.24, 2.45) is 0 Å². The molecular formula is C16H12N2O4. The molecule has 0 amide bonds. The molecule has 0 radical (unpaired) electrons. The van der Waals surface area contributed by atoms with Crippen LogP contribution in [0.3, 0.4) is 0 Å². The minimum absolute atomic E-state index is 0.0330. The predicted octanol–water partition coefficient (Wildman–Crippen LogP) is 3.93. The molecule has 0 saturated carbocycles. The van der Waals surface area contributed by atoms with Crippen molar-refractivity contribution in [3.8, 4) is 28.5 Å². The van der Waals surface area contributed by atoms with Crippen LogP contribution >= 0.6 is 0 Å². The number of hydrogen-bond acceptors (Lipinski definition) is 5. The molecule has 0 bridgehead atoms. The summed E-state index contributed by atoms with van der Waals surface area (Å²) in [4.78, 5) is 14.4. The Morgan fingerprint density at radius 3 is 2.27 bits per heavy atom. The molecule has 0 aliphatic heterocycles. The van der Waals surface area contributed by atoms with E-state index in [4.69, 9.17) is 9.15 Å². The van der Waals surface area contributed by atoms with Gasteiger partial charge in [0, 0.05) is 23.3 Å². The number of hydrogen-bond donors (Lipinski definition) is 0. The summed E-state index contributed by atoms with van der Waals surface area (Å²) < 4.78 is 10.8. The van der Waals surface area contributed by atoms with Crippen LogP contribution in [-0.2, 0) is 0 Å². The molecule has 0 N–H and O–H groups in total. The highest BCUT2D eigenvalue weighted by Gasteiger charge is 2.11. The van der Waals surface area contributed by atoms with Crippen molar-refractivity contribution >= 4 is 5.69 Å². The smallest absolute Gasteiger partial charge is 0.269 e. The van der Waals surface area contributed by atoms with E-state index in [0.717, 1.165) is 11.3 Å². The van der Waals surface area contributed by atoms with Crippen LogP contribution < -0.4 is 4.74 Å². The number of nitro benzene ring substituents is 1. The Morgan fingerprint density at radius 2 is 1.68 bits per heavy atom. The maximum absolute atomic E-state index is 10.6. The van der Waals surface area contributed by atoms with E-state index in [9.17, 15) is 10.1 Å². The molecule has 1 heterocycles. The van der Waals surface area contributed by atoms with Crippen molar-refractivity contribution in [2.75, 3.05) is 7.11 Å². The number of aromatic nitrogens is 1. The Labute approximate surface area is 126 Å². The van der Waals surface area contributed by atoms with Crippen LogP contribution in [0, 0.1) is 10.1 Å². The first-order chi connectivity index (χ1) is 10.7. The SMILES string of the molecule is COc1ccc(-c2cnc(-c3ccc([N+](=O)[O-])cc3)o2)cc1. The Balaban J connectivity index is 1.87. The van der Waals surface area contributed by atoms with Gasteiger partial charge in [-0.05, 0) is 36.4 Å². The molecule has 0 aliphatic rings. The number of ether oxygens (including phenoxy) is 1. The first kappa shape index (κ1) is 13.8. The van der Waals surface area contributed by atoms with Gasteiger partial charge in [0.25, 0.3) is 5.69 Å². The van der Waals surface area contributed by atoms with Gasteiger partial charge in [0.1, 0.15) is 5.75 Å². The summed E-state index contributed by atoms with van der Waals surface area (Å²) in [6.07, 6.45) is 1.62. The molecule has 1 aromatic heterocycles. The van der Waals surface area contributed by atoms with Gasteiger partial charge in [-0.1, -0.05) is 0 Å². The molecule has 0 aliphatic carbocycles. The standard InChI is InChI=1S/C16H12N2O4/c1-21-14-8-4-11(5-9-14)15-10-17-16(22-15)12-2-6-13(7-3-12)18(19)20/h2-10H,1H3. The molecule has 3 rings (SSSR count). The van der Waals surface area contributed by atoms with Crippen LogP contribution in [0.15, 0.2) is 59.1 Å². The summed E-state index contributed by atoms with van der Waals surface area (Å²) in [6, 6.07) is 13.5. The van der Waals surface area contributed by atoms with Gasteiger partial charge in [-0.3, -0.25) is 10.1 Å². The fourth-order valence-corrected chi connectivity index (χ4v) is 2.02. The molecule has 0 unspecified atom stereocenters. The monoisotopic (exact) mass is 296 g/mol. The molecule has 6 heteroatoms. The van der Waals surface area contributed by atoms with E-state index in [2.05, 4.69) is 4.98 Å². The third-order valence-electron chi connectivity index (χ3n) is 3.21. The highest BCUT2D eigenvalue weighted by molar-refractivity contribution is 5.62. The van der Waals surface area contributed by atoms with E-state index in [0.29, 0.717) is 17.2 Å². The molecule has 0 fully saturated rings. The quantitative estimate of drug-likeness (QED) is 0.538. The Hall–Kier alpha value is -3.15. The highest BCUT2D eigenvalue weighted by atomic mass is 16.6. The fourth-order valence-electron chi connectivity index (χ4n) is 2.02. The van der Waals surface area contributed by atoms with Gasteiger partial charge in [-0.15, -0.1) is 0 Å². The van der Waals surface area contributed by atoms with Crippen LogP contribution in [0.1, 0.15) is 0 Å². The molecule has 0 spiro atoms. The second kappa shape index (κ2) is 5.69. The summed E-state index contributed by atoms with van der Waals surface area (Å²) >= 11 is 0. The minimum Gasteiger partial charge on any atom is -0.497 e. The molecule has 110 valence electrons. The molecule has 2 aromatic carbocycles. The molecule has 6 nitrogen and oxygen atoms in total. The van der Waals surface area contributed by atoms with Crippen LogP contribution in [0.2, 0.25) is 0 Å². The largest absolute Gasteiger partial charge is 0.497 e. The number of oxazole rings is 1. The lowest BCUT2D eigenvalue weighted by Crippen LogP contribution is -1.87. The second-order valence-corrected chi connectivity index (χ2v) is 4.56. The number of rotatable bonds is 4. The van der Waals surface area contributed by atoms with Crippen LogP contribution in [0.4, 0.5) is 5.69 Å². The maximum atomic E-state index is 10.6. The topological polar surface area (TPSA) is 78.4 Å². The average molecular weight is 296 g/mol. The first-order valence-corrected chi connectivity index (χ1v) is 6.52. The zero-order valence-corrected chi connectivity index (χ0v) is 11.7. The van der Waals surface area contributed by atoms with Crippen molar-refractivity contribution in [2.45, 2.75) is 0 Å². The third-order valence-corrected chi connectivity index (χ3v) is 3.21. The number of methoxy groups -OCH3 is 1. The third kappa shape index (κ3) is 2.67. The van der Waals surface area contributed by atoms with Crippen molar-refractivity contribution < 1.29 is 14.1 Å². The average Bonchev–Trinajstić information content (AvgIpc) is 3.05. The van der Waals surface area contributed by atoms with Gasteiger partial charge in [-0.2, -0.15) is 0 Å². The summed E-state index contributed by atoms with van der Waals surface area (Å²) in [5.74, 6) is 1.80. The van der Waals surface area contributed by atoms with Gasteiger partial charge in [0.05, 0.1) is 18.2 Å². The Morgan fingerprint density at radius 1 is 1.05 bits per heavy atom. The zero-order valence-electron chi connectivity index (χ0n) is 11.7. The number of nitro groups is 1. The van der Waals surface area contributed by atoms with Crippen molar-refractivity contribution in [3.05, 3.63) is 64.8 Å². The van der Waals surface area contributed by atoms with Crippen molar-refractivity contribution in [3.63, 3.8) is 0 Å². The Kier molecular flexibility index (Phi) is 3.57. The highest BCUT2D eigenvalue weighted by Crippen LogP contribution is 2.28. The molecule has 0 atom stereocenters. The van der Waals surface area contributed by atoms with E-state index in [1.165, 1.54) is 12.1 Å². The minimum atomic E-state index is -0.442. The second-order valence-electron chi connectivity index (χ2n) is 4.56. The van der Waals surface area contributed by atoms with Gasteiger partial charge in [0.15, 0.2) is 5.76 Å². The number of nitrogens with zero attached hydrogens (tertiary/aromatic N) is 2. The molecular weight excluding hydrogens is 284 g/mol. The van der Waals surface area contributed by atoms with Crippen LogP contribution in [0.5, 0.6) is 5.75 Å². The zero-order chi connectivity index (χ0) is 15.5. The van der Waals surface area contributed by atoms with Crippen LogP contribution in [-0.4, -0.2) is 17.0 Å². The first-order valence-electron chi connectivity index (χ1n) is 6.52. The normalized spacial score (nSPS) is 10.4. The molecule has 0 saturated heterocycles. The number of benzene rings is 2. The lowest BCUT2D eigenvalue weighted by Gasteiger charge is -2.00.